The van der Waals surface area contributed by atoms with Gasteiger partial charge in [-0.05, 0) is 24.6 Å². The lowest BCUT2D eigenvalue weighted by Crippen LogP contribution is -2.34. The average Bonchev–Trinajstić information content (AvgIpc) is 2.30. The molecule has 0 amide bonds. The molecule has 8 heteroatoms. The molecule has 0 atom stereocenters. The van der Waals surface area contributed by atoms with Gasteiger partial charge in [-0.2, -0.15) is 22.0 Å². The molecule has 1 rings (SSSR count). The van der Waals surface area contributed by atoms with E-state index in [0.717, 1.165) is 12.1 Å². The second-order valence-corrected chi connectivity index (χ2v) is 3.97. The Balaban J connectivity index is 3.18. The third-order valence-corrected chi connectivity index (χ3v) is 2.49. The number of esters is 1. The number of nitrogen functional groups attached to an aromatic ring is 1. The normalized spacial score (nSPS) is 12.3. The Labute approximate surface area is 111 Å². The van der Waals surface area contributed by atoms with Crippen LogP contribution in [-0.4, -0.2) is 18.5 Å². The van der Waals surface area contributed by atoms with Gasteiger partial charge < -0.3 is 10.5 Å². The SMILES string of the molecule is CCOC(=O)C(F)(F)Cc1c(N)cccc1C(F)(F)F. The Morgan fingerprint density at radius 3 is 2.35 bits per heavy atom. The number of ether oxygens (including phenoxy) is 1. The molecular weight excluding hydrogens is 285 g/mol. The minimum absolute atomic E-state index is 0.301. The topological polar surface area (TPSA) is 52.3 Å². The molecule has 0 radical (unpaired) electrons. The van der Waals surface area contributed by atoms with Crippen molar-refractivity contribution < 1.29 is 31.5 Å². The second kappa shape index (κ2) is 5.64. The van der Waals surface area contributed by atoms with Gasteiger partial charge >= 0.3 is 18.1 Å². The zero-order chi connectivity index (χ0) is 15.6. The highest BCUT2D eigenvalue weighted by molar-refractivity contribution is 5.78. The van der Waals surface area contributed by atoms with Gasteiger partial charge in [-0.25, -0.2) is 4.79 Å². The van der Waals surface area contributed by atoms with E-state index in [0.29, 0.717) is 6.07 Å². The maximum absolute atomic E-state index is 13.5. The van der Waals surface area contributed by atoms with Crippen molar-refractivity contribution in [1.82, 2.24) is 0 Å². The van der Waals surface area contributed by atoms with Gasteiger partial charge in [-0.15, -0.1) is 0 Å². The van der Waals surface area contributed by atoms with Gasteiger partial charge in [0.05, 0.1) is 18.6 Å². The van der Waals surface area contributed by atoms with Crippen molar-refractivity contribution in [2.24, 2.45) is 0 Å². The fraction of sp³-hybridized carbons (Fsp3) is 0.417. The van der Waals surface area contributed by atoms with Crippen molar-refractivity contribution in [3.63, 3.8) is 0 Å². The number of nitrogens with two attached hydrogens (primary N) is 1. The van der Waals surface area contributed by atoms with Crippen LogP contribution in [0.1, 0.15) is 18.1 Å². The molecule has 1 aromatic rings. The van der Waals surface area contributed by atoms with Crippen molar-refractivity contribution in [1.29, 1.82) is 0 Å². The van der Waals surface area contributed by atoms with Crippen LogP contribution in [0.25, 0.3) is 0 Å². The largest absolute Gasteiger partial charge is 0.462 e. The van der Waals surface area contributed by atoms with Crippen molar-refractivity contribution in [3.05, 3.63) is 29.3 Å². The molecule has 2 N–H and O–H groups in total. The van der Waals surface area contributed by atoms with Gasteiger partial charge in [0.1, 0.15) is 0 Å². The molecule has 0 aliphatic heterocycles. The third-order valence-electron chi connectivity index (χ3n) is 2.49. The Morgan fingerprint density at radius 1 is 1.25 bits per heavy atom. The second-order valence-electron chi connectivity index (χ2n) is 3.97. The Bertz CT molecular complexity index is 499. The fourth-order valence-corrected chi connectivity index (χ4v) is 1.60. The minimum atomic E-state index is -4.84. The number of anilines is 1. The number of carbonyl (C=O) groups is 1. The van der Waals surface area contributed by atoms with Gasteiger partial charge in [0.15, 0.2) is 0 Å². The maximum Gasteiger partial charge on any atom is 0.416 e. The van der Waals surface area contributed by atoms with Gasteiger partial charge in [-0.3, -0.25) is 0 Å². The van der Waals surface area contributed by atoms with E-state index in [9.17, 15) is 26.7 Å². The molecule has 0 heterocycles. The van der Waals surface area contributed by atoms with E-state index in [1.54, 1.807) is 0 Å². The van der Waals surface area contributed by atoms with E-state index < -0.39 is 41.3 Å². The first kappa shape index (κ1) is 16.2. The molecule has 0 aliphatic rings. The number of hydrogen-bond acceptors (Lipinski definition) is 3. The van der Waals surface area contributed by atoms with Gasteiger partial charge in [0.25, 0.3) is 0 Å². The lowest BCUT2D eigenvalue weighted by molar-refractivity contribution is -0.171. The van der Waals surface area contributed by atoms with Gasteiger partial charge in [0.2, 0.25) is 0 Å². The van der Waals surface area contributed by atoms with Crippen molar-refractivity contribution in [2.45, 2.75) is 25.4 Å². The first-order chi connectivity index (χ1) is 9.09. The summed E-state index contributed by atoms with van der Waals surface area (Å²) >= 11 is 0. The van der Waals surface area contributed by atoms with E-state index >= 15 is 0 Å². The molecule has 20 heavy (non-hydrogen) atoms. The Hall–Kier alpha value is -1.86. The third kappa shape index (κ3) is 3.58. The van der Waals surface area contributed by atoms with E-state index in [1.165, 1.54) is 6.92 Å². The van der Waals surface area contributed by atoms with E-state index in [-0.39, 0.29) is 6.61 Å². The number of carbonyl (C=O) groups excluding carboxylic acids is 1. The highest BCUT2D eigenvalue weighted by Gasteiger charge is 2.44. The summed E-state index contributed by atoms with van der Waals surface area (Å²) in [6.45, 7) is 1.01. The smallest absolute Gasteiger partial charge is 0.416 e. The number of hydrogen-bond donors (Lipinski definition) is 1. The molecule has 0 saturated carbocycles. The molecule has 0 bridgehead atoms. The molecule has 0 saturated heterocycles. The predicted octanol–water partition coefficient (Wildman–Crippen LogP) is 3.03. The van der Waals surface area contributed by atoms with Crippen LogP contribution in [0.15, 0.2) is 18.2 Å². The quantitative estimate of drug-likeness (QED) is 0.528. The van der Waals surface area contributed by atoms with Crippen molar-refractivity contribution >= 4 is 11.7 Å². The molecule has 3 nitrogen and oxygen atoms in total. The summed E-state index contributed by atoms with van der Waals surface area (Å²) in [7, 11) is 0. The van der Waals surface area contributed by atoms with Crippen LogP contribution in [0.5, 0.6) is 0 Å². The molecule has 0 spiro atoms. The summed E-state index contributed by atoms with van der Waals surface area (Å²) in [6.07, 6.45) is -6.30. The molecular formula is C12H12F5NO2. The monoisotopic (exact) mass is 297 g/mol. The van der Waals surface area contributed by atoms with Crippen LogP contribution >= 0.6 is 0 Å². The van der Waals surface area contributed by atoms with Crippen molar-refractivity contribution in [3.8, 4) is 0 Å². The average molecular weight is 297 g/mol. The highest BCUT2D eigenvalue weighted by atomic mass is 19.4. The summed E-state index contributed by atoms with van der Waals surface area (Å²) in [5.41, 5.74) is 2.75. The molecule has 112 valence electrons. The lowest BCUT2D eigenvalue weighted by Gasteiger charge is -2.19. The zero-order valence-electron chi connectivity index (χ0n) is 10.4. The van der Waals surface area contributed by atoms with Crippen LogP contribution in [0.2, 0.25) is 0 Å². The number of benzene rings is 1. The Morgan fingerprint density at radius 2 is 1.85 bits per heavy atom. The fourth-order valence-electron chi connectivity index (χ4n) is 1.60. The summed E-state index contributed by atoms with van der Waals surface area (Å²) in [6, 6.07) is 2.70. The van der Waals surface area contributed by atoms with E-state index in [4.69, 9.17) is 5.73 Å². The summed E-state index contributed by atoms with van der Waals surface area (Å²) in [5, 5.41) is 0. The minimum Gasteiger partial charge on any atom is -0.462 e. The first-order valence-electron chi connectivity index (χ1n) is 5.59. The molecule has 0 aromatic heterocycles. The predicted molar refractivity (Wildman–Crippen MR) is 61.1 cm³/mol. The van der Waals surface area contributed by atoms with Crippen LogP contribution in [-0.2, 0) is 22.1 Å². The number of rotatable bonds is 4. The summed E-state index contributed by atoms with van der Waals surface area (Å²) < 4.78 is 69.4. The maximum atomic E-state index is 13.5. The first-order valence-corrected chi connectivity index (χ1v) is 5.59. The number of halogens is 5. The molecule has 0 fully saturated rings. The molecule has 0 unspecified atom stereocenters. The number of alkyl halides is 5. The van der Waals surface area contributed by atoms with Crippen LogP contribution in [0.4, 0.5) is 27.6 Å². The molecule has 0 aliphatic carbocycles. The zero-order valence-corrected chi connectivity index (χ0v) is 10.4. The summed E-state index contributed by atoms with van der Waals surface area (Å²) in [5.74, 6) is -5.96. The van der Waals surface area contributed by atoms with E-state index in [1.807, 2.05) is 0 Å². The van der Waals surface area contributed by atoms with Crippen LogP contribution in [0.3, 0.4) is 0 Å². The van der Waals surface area contributed by atoms with Gasteiger partial charge in [-0.1, -0.05) is 6.07 Å². The van der Waals surface area contributed by atoms with E-state index in [2.05, 4.69) is 4.74 Å². The standard InChI is InChI=1S/C12H12F5NO2/c1-2-20-10(19)11(13,14)6-7-8(12(15,16)17)4-3-5-9(7)18/h3-5H,2,6,18H2,1H3. The molecule has 1 aromatic carbocycles. The lowest BCUT2D eigenvalue weighted by atomic mass is 9.98. The highest BCUT2D eigenvalue weighted by Crippen LogP contribution is 2.37. The van der Waals surface area contributed by atoms with Gasteiger partial charge in [0, 0.05) is 5.69 Å². The Kier molecular flexibility index (Phi) is 4.57. The van der Waals surface area contributed by atoms with Crippen LogP contribution in [0, 0.1) is 0 Å². The van der Waals surface area contributed by atoms with Crippen LogP contribution < -0.4 is 5.73 Å². The summed E-state index contributed by atoms with van der Waals surface area (Å²) in [4.78, 5) is 11.0. The van der Waals surface area contributed by atoms with Crippen molar-refractivity contribution in [2.75, 3.05) is 12.3 Å².